The zero-order chi connectivity index (χ0) is 19.3. The van der Waals surface area contributed by atoms with Crippen molar-refractivity contribution in [3.05, 3.63) is 70.8 Å². The van der Waals surface area contributed by atoms with Crippen molar-refractivity contribution in [2.24, 2.45) is 0 Å². The molecule has 136 valence electrons. The van der Waals surface area contributed by atoms with E-state index in [1.165, 1.54) is 23.3 Å². The first-order chi connectivity index (χ1) is 13.6. The molecule has 4 aromatic rings. The van der Waals surface area contributed by atoms with Gasteiger partial charge in [0.2, 0.25) is 0 Å². The van der Waals surface area contributed by atoms with Crippen LogP contribution in [0.2, 0.25) is 0 Å². The number of H-pyrrole nitrogens is 1. The Morgan fingerprint density at radius 3 is 2.57 bits per heavy atom. The first-order valence-electron chi connectivity index (χ1n) is 8.92. The van der Waals surface area contributed by atoms with Crippen LogP contribution in [0.3, 0.4) is 0 Å². The highest BCUT2D eigenvalue weighted by Crippen LogP contribution is 2.35. The van der Waals surface area contributed by atoms with Crippen molar-refractivity contribution in [1.82, 2.24) is 20.2 Å². The van der Waals surface area contributed by atoms with E-state index in [4.69, 9.17) is 11.0 Å². The van der Waals surface area contributed by atoms with Crippen LogP contribution in [0.1, 0.15) is 28.4 Å². The van der Waals surface area contributed by atoms with Crippen molar-refractivity contribution in [1.29, 1.82) is 5.26 Å². The monoisotopic (exact) mass is 370 g/mol. The molecule has 1 aliphatic carbocycles. The SMILES string of the molecule is N#Cc1cc(-c2n[nH]c3nc(C4Cc5ccccc5C4)nc(N)c23)ccc1F. The minimum atomic E-state index is -0.571. The quantitative estimate of drug-likeness (QED) is 0.562. The van der Waals surface area contributed by atoms with Gasteiger partial charge >= 0.3 is 0 Å². The molecule has 3 N–H and O–H groups in total. The fourth-order valence-electron chi connectivity index (χ4n) is 3.87. The summed E-state index contributed by atoms with van der Waals surface area (Å²) in [4.78, 5) is 9.21. The molecule has 5 rings (SSSR count). The summed E-state index contributed by atoms with van der Waals surface area (Å²) in [6, 6.07) is 14.4. The lowest BCUT2D eigenvalue weighted by Crippen LogP contribution is -2.07. The number of aromatic amines is 1. The Morgan fingerprint density at radius 1 is 1.11 bits per heavy atom. The van der Waals surface area contributed by atoms with Crippen LogP contribution in [0.25, 0.3) is 22.3 Å². The molecule has 0 saturated heterocycles. The van der Waals surface area contributed by atoms with Crippen molar-refractivity contribution < 1.29 is 4.39 Å². The van der Waals surface area contributed by atoms with E-state index in [1.54, 1.807) is 6.07 Å². The molecule has 2 aromatic carbocycles. The fraction of sp³-hybridized carbons (Fsp3) is 0.143. The van der Waals surface area contributed by atoms with Gasteiger partial charge in [0.05, 0.1) is 10.9 Å². The van der Waals surface area contributed by atoms with E-state index in [1.807, 2.05) is 18.2 Å². The fourth-order valence-corrected chi connectivity index (χ4v) is 3.87. The third-order valence-corrected chi connectivity index (χ3v) is 5.24. The van der Waals surface area contributed by atoms with Gasteiger partial charge in [-0.2, -0.15) is 10.4 Å². The minimum Gasteiger partial charge on any atom is -0.383 e. The maximum atomic E-state index is 13.6. The molecule has 0 radical (unpaired) electrons. The summed E-state index contributed by atoms with van der Waals surface area (Å²) in [7, 11) is 0. The predicted octanol–water partition coefficient (Wildman–Crippen LogP) is 3.50. The van der Waals surface area contributed by atoms with Crippen LogP contribution in [0, 0.1) is 17.1 Å². The zero-order valence-corrected chi connectivity index (χ0v) is 14.8. The van der Waals surface area contributed by atoms with Crippen LogP contribution in [-0.4, -0.2) is 20.2 Å². The van der Waals surface area contributed by atoms with E-state index in [-0.39, 0.29) is 11.5 Å². The molecule has 0 saturated carbocycles. The van der Waals surface area contributed by atoms with Gasteiger partial charge in [-0.05, 0) is 42.2 Å². The van der Waals surface area contributed by atoms with Crippen molar-refractivity contribution >= 4 is 16.9 Å². The molecule has 0 unspecified atom stereocenters. The summed E-state index contributed by atoms with van der Waals surface area (Å²) in [5.41, 5.74) is 10.5. The molecule has 28 heavy (non-hydrogen) atoms. The highest BCUT2D eigenvalue weighted by atomic mass is 19.1. The molecule has 0 spiro atoms. The maximum Gasteiger partial charge on any atom is 0.161 e. The lowest BCUT2D eigenvalue weighted by atomic mass is 10.0. The molecule has 1 aliphatic rings. The Balaban J connectivity index is 1.57. The van der Waals surface area contributed by atoms with Gasteiger partial charge in [-0.3, -0.25) is 5.10 Å². The lowest BCUT2D eigenvalue weighted by molar-refractivity contribution is 0.624. The number of benzene rings is 2. The number of nitrogens with one attached hydrogen (secondary N) is 1. The average Bonchev–Trinajstić information content (AvgIpc) is 3.32. The van der Waals surface area contributed by atoms with Crippen LogP contribution in [0.15, 0.2) is 42.5 Å². The molecule has 0 fully saturated rings. The molecule has 0 atom stereocenters. The number of anilines is 1. The maximum absolute atomic E-state index is 13.6. The highest BCUT2D eigenvalue weighted by molar-refractivity contribution is 5.98. The van der Waals surface area contributed by atoms with Gasteiger partial charge < -0.3 is 5.73 Å². The van der Waals surface area contributed by atoms with Crippen molar-refractivity contribution in [2.75, 3.05) is 5.73 Å². The molecule has 0 amide bonds. The third kappa shape index (κ3) is 2.50. The van der Waals surface area contributed by atoms with E-state index >= 15 is 0 Å². The Bertz CT molecular complexity index is 1240. The summed E-state index contributed by atoms with van der Waals surface area (Å²) in [5, 5.41) is 16.9. The highest BCUT2D eigenvalue weighted by Gasteiger charge is 2.26. The summed E-state index contributed by atoms with van der Waals surface area (Å²) in [6.45, 7) is 0. The Hall–Kier alpha value is -3.79. The number of nitrogens with zero attached hydrogens (tertiary/aromatic N) is 4. The van der Waals surface area contributed by atoms with E-state index in [9.17, 15) is 4.39 Å². The van der Waals surface area contributed by atoms with Crippen LogP contribution in [0.5, 0.6) is 0 Å². The number of rotatable bonds is 2. The number of fused-ring (bicyclic) bond motifs is 2. The van der Waals surface area contributed by atoms with Crippen LogP contribution in [-0.2, 0) is 12.8 Å². The summed E-state index contributed by atoms with van der Waals surface area (Å²) < 4.78 is 13.6. The van der Waals surface area contributed by atoms with Gasteiger partial charge in [0.15, 0.2) is 5.65 Å². The average molecular weight is 370 g/mol. The van der Waals surface area contributed by atoms with Crippen LogP contribution < -0.4 is 5.73 Å². The Morgan fingerprint density at radius 2 is 1.86 bits per heavy atom. The number of hydrogen-bond acceptors (Lipinski definition) is 5. The predicted molar refractivity (Wildman–Crippen MR) is 103 cm³/mol. The molecule has 2 heterocycles. The van der Waals surface area contributed by atoms with Crippen molar-refractivity contribution in [3.63, 3.8) is 0 Å². The van der Waals surface area contributed by atoms with Gasteiger partial charge in [0, 0.05) is 11.5 Å². The summed E-state index contributed by atoms with van der Waals surface area (Å²) in [5.74, 6) is 0.612. The number of aromatic nitrogens is 4. The van der Waals surface area contributed by atoms with Crippen LogP contribution >= 0.6 is 0 Å². The number of nitriles is 1. The largest absolute Gasteiger partial charge is 0.383 e. The normalized spacial score (nSPS) is 13.6. The lowest BCUT2D eigenvalue weighted by Gasteiger charge is -2.09. The van der Waals surface area contributed by atoms with Gasteiger partial charge in [-0.1, -0.05) is 24.3 Å². The van der Waals surface area contributed by atoms with Gasteiger partial charge in [0.25, 0.3) is 0 Å². The van der Waals surface area contributed by atoms with E-state index in [0.717, 1.165) is 12.8 Å². The van der Waals surface area contributed by atoms with Gasteiger partial charge in [0.1, 0.15) is 29.2 Å². The minimum absolute atomic E-state index is 0.0477. The smallest absolute Gasteiger partial charge is 0.161 e. The number of nitrogen functional groups attached to an aromatic ring is 1. The van der Waals surface area contributed by atoms with Crippen LogP contribution in [0.4, 0.5) is 10.2 Å². The van der Waals surface area contributed by atoms with E-state index in [2.05, 4.69) is 32.3 Å². The van der Waals surface area contributed by atoms with E-state index in [0.29, 0.717) is 33.9 Å². The van der Waals surface area contributed by atoms with Gasteiger partial charge in [-0.25, -0.2) is 14.4 Å². The molecule has 0 bridgehead atoms. The van der Waals surface area contributed by atoms with Crippen molar-refractivity contribution in [3.8, 4) is 17.3 Å². The molecular formula is C21H15FN6. The molecule has 7 heteroatoms. The van der Waals surface area contributed by atoms with Gasteiger partial charge in [-0.15, -0.1) is 0 Å². The standard InChI is InChI=1S/C21H15FN6/c22-16-6-5-13(9-15(16)10-23)18-17-19(24)25-20(26-21(17)28-27-18)14-7-11-3-1-2-4-12(11)8-14/h1-6,9,14H,7-8H2,(H3,24,25,26,27,28). The first-order valence-corrected chi connectivity index (χ1v) is 8.92. The number of halogens is 1. The molecule has 0 aliphatic heterocycles. The first kappa shape index (κ1) is 16.4. The Labute approximate surface area is 159 Å². The third-order valence-electron chi connectivity index (χ3n) is 5.24. The Kier molecular flexibility index (Phi) is 3.59. The molecule has 2 aromatic heterocycles. The second kappa shape index (κ2) is 6.13. The second-order valence-electron chi connectivity index (χ2n) is 6.94. The number of hydrogen-bond donors (Lipinski definition) is 2. The summed E-state index contributed by atoms with van der Waals surface area (Å²) >= 11 is 0. The number of nitrogens with two attached hydrogens (primary N) is 1. The topological polar surface area (TPSA) is 104 Å². The van der Waals surface area contributed by atoms with E-state index < -0.39 is 5.82 Å². The second-order valence-corrected chi connectivity index (χ2v) is 6.94. The summed E-state index contributed by atoms with van der Waals surface area (Å²) in [6.07, 6.45) is 1.76. The molecular weight excluding hydrogens is 355 g/mol. The molecule has 6 nitrogen and oxygen atoms in total. The zero-order valence-electron chi connectivity index (χ0n) is 14.8. The van der Waals surface area contributed by atoms with Crippen molar-refractivity contribution in [2.45, 2.75) is 18.8 Å².